The molecule has 0 spiro atoms. The average molecular weight is 338 g/mol. The SMILES string of the molecule is O=C(CN1CCc2ccccc2C1)N(Cc1ccccc1F)C1CC1. The molecule has 4 heteroatoms. The number of amides is 1. The average Bonchev–Trinajstić information content (AvgIpc) is 3.46. The van der Waals surface area contributed by atoms with Gasteiger partial charge in [0.05, 0.1) is 6.54 Å². The minimum atomic E-state index is -0.229. The lowest BCUT2D eigenvalue weighted by atomic mass is 10.00. The summed E-state index contributed by atoms with van der Waals surface area (Å²) in [6.07, 6.45) is 3.05. The number of nitrogens with zero attached hydrogens (tertiary/aromatic N) is 2. The minimum absolute atomic E-state index is 0.116. The molecule has 1 fully saturated rings. The first-order chi connectivity index (χ1) is 12.2. The van der Waals surface area contributed by atoms with Crippen LogP contribution in [0.25, 0.3) is 0 Å². The van der Waals surface area contributed by atoms with Crippen molar-refractivity contribution in [2.24, 2.45) is 0 Å². The van der Waals surface area contributed by atoms with Gasteiger partial charge in [-0.05, 0) is 36.5 Å². The molecular formula is C21H23FN2O. The summed E-state index contributed by atoms with van der Waals surface area (Å²) in [7, 11) is 0. The van der Waals surface area contributed by atoms with Gasteiger partial charge < -0.3 is 4.90 Å². The maximum Gasteiger partial charge on any atom is 0.237 e. The van der Waals surface area contributed by atoms with Crippen molar-refractivity contribution < 1.29 is 9.18 Å². The molecule has 1 amide bonds. The Morgan fingerprint density at radius 3 is 2.56 bits per heavy atom. The second-order valence-electron chi connectivity index (χ2n) is 7.07. The van der Waals surface area contributed by atoms with Crippen LogP contribution in [0, 0.1) is 5.82 Å². The van der Waals surface area contributed by atoms with Crippen molar-refractivity contribution in [2.75, 3.05) is 13.1 Å². The topological polar surface area (TPSA) is 23.6 Å². The van der Waals surface area contributed by atoms with Gasteiger partial charge >= 0.3 is 0 Å². The lowest BCUT2D eigenvalue weighted by molar-refractivity contribution is -0.133. The van der Waals surface area contributed by atoms with Crippen molar-refractivity contribution in [1.82, 2.24) is 9.80 Å². The predicted octanol–water partition coefficient (Wildman–Crippen LogP) is 3.38. The highest BCUT2D eigenvalue weighted by Gasteiger charge is 2.33. The number of halogens is 1. The van der Waals surface area contributed by atoms with Crippen molar-refractivity contribution in [3.05, 3.63) is 71.0 Å². The van der Waals surface area contributed by atoms with Crippen LogP contribution in [0.2, 0.25) is 0 Å². The van der Waals surface area contributed by atoms with Gasteiger partial charge in [-0.3, -0.25) is 9.69 Å². The van der Waals surface area contributed by atoms with E-state index in [2.05, 4.69) is 29.2 Å². The van der Waals surface area contributed by atoms with Crippen molar-refractivity contribution in [2.45, 2.75) is 38.4 Å². The summed E-state index contributed by atoms with van der Waals surface area (Å²) in [5.41, 5.74) is 3.30. The number of carbonyl (C=O) groups excluding carboxylic acids is 1. The molecule has 0 saturated heterocycles. The molecule has 0 N–H and O–H groups in total. The monoisotopic (exact) mass is 338 g/mol. The Kier molecular flexibility index (Phi) is 4.53. The van der Waals surface area contributed by atoms with Crippen LogP contribution in [0.15, 0.2) is 48.5 Å². The molecule has 4 rings (SSSR count). The summed E-state index contributed by atoms with van der Waals surface area (Å²) in [5.74, 6) is -0.113. The Morgan fingerprint density at radius 1 is 1.08 bits per heavy atom. The van der Waals surface area contributed by atoms with Crippen LogP contribution in [0.5, 0.6) is 0 Å². The van der Waals surface area contributed by atoms with Gasteiger partial charge in [0.2, 0.25) is 5.91 Å². The van der Waals surface area contributed by atoms with E-state index in [-0.39, 0.29) is 17.8 Å². The highest BCUT2D eigenvalue weighted by molar-refractivity contribution is 5.79. The van der Waals surface area contributed by atoms with Crippen molar-refractivity contribution in [3.8, 4) is 0 Å². The van der Waals surface area contributed by atoms with E-state index < -0.39 is 0 Å². The maximum absolute atomic E-state index is 14.0. The molecule has 1 aliphatic heterocycles. The highest BCUT2D eigenvalue weighted by atomic mass is 19.1. The molecule has 2 aromatic carbocycles. The molecule has 2 aromatic rings. The van der Waals surface area contributed by atoms with Crippen LogP contribution in [0.1, 0.15) is 29.5 Å². The van der Waals surface area contributed by atoms with E-state index in [0.29, 0.717) is 18.7 Å². The van der Waals surface area contributed by atoms with Gasteiger partial charge in [0.25, 0.3) is 0 Å². The van der Waals surface area contributed by atoms with Crippen molar-refractivity contribution in [3.63, 3.8) is 0 Å². The molecule has 2 aliphatic rings. The van der Waals surface area contributed by atoms with Crippen LogP contribution in [-0.4, -0.2) is 34.8 Å². The molecule has 25 heavy (non-hydrogen) atoms. The smallest absolute Gasteiger partial charge is 0.237 e. The van der Waals surface area contributed by atoms with Crippen LogP contribution in [-0.2, 0) is 24.3 Å². The summed E-state index contributed by atoms with van der Waals surface area (Å²) in [6.45, 7) is 2.51. The van der Waals surface area contributed by atoms with E-state index in [1.54, 1.807) is 12.1 Å². The summed E-state index contributed by atoms with van der Waals surface area (Å²) in [4.78, 5) is 17.0. The lowest BCUT2D eigenvalue weighted by Crippen LogP contribution is -2.43. The highest BCUT2D eigenvalue weighted by Crippen LogP contribution is 2.29. The predicted molar refractivity (Wildman–Crippen MR) is 95.4 cm³/mol. The quantitative estimate of drug-likeness (QED) is 0.834. The molecule has 0 unspecified atom stereocenters. The largest absolute Gasteiger partial charge is 0.334 e. The van der Waals surface area contributed by atoms with Crippen LogP contribution in [0.3, 0.4) is 0 Å². The summed E-state index contributed by atoms with van der Waals surface area (Å²) in [6, 6.07) is 15.5. The zero-order valence-corrected chi connectivity index (χ0v) is 14.3. The summed E-state index contributed by atoms with van der Waals surface area (Å²) < 4.78 is 14.0. The number of carbonyl (C=O) groups is 1. The Morgan fingerprint density at radius 2 is 1.80 bits per heavy atom. The fourth-order valence-corrected chi connectivity index (χ4v) is 3.59. The third-order valence-corrected chi connectivity index (χ3v) is 5.18. The fraction of sp³-hybridized carbons (Fsp3) is 0.381. The van der Waals surface area contributed by atoms with Crippen LogP contribution in [0.4, 0.5) is 4.39 Å². The molecule has 130 valence electrons. The first kappa shape index (κ1) is 16.3. The van der Waals surface area contributed by atoms with Gasteiger partial charge in [-0.2, -0.15) is 0 Å². The Labute approximate surface area is 148 Å². The number of fused-ring (bicyclic) bond motifs is 1. The third-order valence-electron chi connectivity index (χ3n) is 5.18. The van der Waals surface area contributed by atoms with E-state index >= 15 is 0 Å². The van der Waals surface area contributed by atoms with Crippen molar-refractivity contribution in [1.29, 1.82) is 0 Å². The minimum Gasteiger partial charge on any atom is -0.334 e. The summed E-state index contributed by atoms with van der Waals surface area (Å²) >= 11 is 0. The van der Waals surface area contributed by atoms with Gasteiger partial charge in [-0.1, -0.05) is 42.5 Å². The number of benzene rings is 2. The number of hydrogen-bond acceptors (Lipinski definition) is 2. The van der Waals surface area contributed by atoms with Crippen molar-refractivity contribution >= 4 is 5.91 Å². The van der Waals surface area contributed by atoms with E-state index in [1.807, 2.05) is 11.0 Å². The first-order valence-electron chi connectivity index (χ1n) is 9.03. The van der Waals surface area contributed by atoms with E-state index in [1.165, 1.54) is 17.2 Å². The second kappa shape index (κ2) is 6.96. The van der Waals surface area contributed by atoms with Crippen LogP contribution < -0.4 is 0 Å². The summed E-state index contributed by atoms with van der Waals surface area (Å²) in [5, 5.41) is 0. The number of rotatable bonds is 5. The first-order valence-corrected chi connectivity index (χ1v) is 9.03. The van der Waals surface area contributed by atoms with Gasteiger partial charge in [0.1, 0.15) is 5.82 Å². The van der Waals surface area contributed by atoms with Gasteiger partial charge in [-0.15, -0.1) is 0 Å². The number of hydrogen-bond donors (Lipinski definition) is 0. The Balaban J connectivity index is 1.43. The van der Waals surface area contributed by atoms with Gasteiger partial charge in [0.15, 0.2) is 0 Å². The normalized spacial score (nSPS) is 17.2. The Bertz CT molecular complexity index is 772. The van der Waals surface area contributed by atoms with Crippen LogP contribution >= 0.6 is 0 Å². The fourth-order valence-electron chi connectivity index (χ4n) is 3.59. The van der Waals surface area contributed by atoms with E-state index in [9.17, 15) is 9.18 Å². The van der Waals surface area contributed by atoms with Gasteiger partial charge in [-0.25, -0.2) is 4.39 Å². The lowest BCUT2D eigenvalue weighted by Gasteiger charge is -2.31. The zero-order chi connectivity index (χ0) is 17.2. The molecule has 3 nitrogen and oxygen atoms in total. The second-order valence-corrected chi connectivity index (χ2v) is 7.07. The molecule has 1 saturated carbocycles. The molecule has 0 atom stereocenters. The molecule has 1 aliphatic carbocycles. The maximum atomic E-state index is 14.0. The van der Waals surface area contributed by atoms with E-state index in [4.69, 9.17) is 0 Å². The molecule has 0 radical (unpaired) electrons. The zero-order valence-electron chi connectivity index (χ0n) is 14.3. The third kappa shape index (κ3) is 3.74. The standard InChI is InChI=1S/C21H23FN2O/c22-20-8-4-3-7-18(20)14-24(19-9-10-19)21(25)15-23-12-11-16-5-1-2-6-17(16)13-23/h1-8,19H,9-15H2. The molecule has 0 aromatic heterocycles. The molecule has 0 bridgehead atoms. The van der Waals surface area contributed by atoms with Gasteiger partial charge in [0, 0.05) is 31.2 Å². The van der Waals surface area contributed by atoms with E-state index in [0.717, 1.165) is 32.4 Å². The molecular weight excluding hydrogens is 315 g/mol. The Hall–Kier alpha value is -2.20. The molecule has 1 heterocycles.